The van der Waals surface area contributed by atoms with E-state index in [1.807, 2.05) is 6.07 Å². The molecule has 8 nitrogen and oxygen atoms in total. The Morgan fingerprint density at radius 1 is 1.13 bits per heavy atom. The third-order valence-electron chi connectivity index (χ3n) is 4.17. The van der Waals surface area contributed by atoms with Crippen molar-refractivity contribution in [3.05, 3.63) is 87.7 Å². The molecular weight excluding hydrogens is 386 g/mol. The summed E-state index contributed by atoms with van der Waals surface area (Å²) in [6.45, 7) is 1.42. The fourth-order valence-electron chi connectivity index (χ4n) is 2.64. The molecule has 1 amide bonds. The minimum Gasteiger partial charge on any atom is -0.457 e. The van der Waals surface area contributed by atoms with Crippen molar-refractivity contribution >= 4 is 29.1 Å². The lowest BCUT2D eigenvalue weighted by Gasteiger charge is -2.05. The van der Waals surface area contributed by atoms with Gasteiger partial charge in [-0.05, 0) is 43.3 Å². The van der Waals surface area contributed by atoms with Crippen molar-refractivity contribution in [2.45, 2.75) is 6.92 Å². The molecule has 1 aromatic heterocycles. The lowest BCUT2D eigenvalue weighted by Crippen LogP contribution is -2.13. The number of hydrogen-bond donors (Lipinski definition) is 1. The van der Waals surface area contributed by atoms with Crippen molar-refractivity contribution in [1.29, 1.82) is 5.26 Å². The maximum absolute atomic E-state index is 12.4. The SMILES string of the molecule is CC(=O)c1cccc(NC(=O)C(C#N)=Cc2ccc(-c3ccc([N+](=O)[O-])cc3)o2)c1. The molecule has 0 saturated heterocycles. The molecule has 0 fully saturated rings. The fourth-order valence-corrected chi connectivity index (χ4v) is 2.64. The average molecular weight is 401 g/mol. The molecule has 0 aliphatic carbocycles. The lowest BCUT2D eigenvalue weighted by atomic mass is 10.1. The minimum absolute atomic E-state index is 0.0392. The second-order valence-electron chi connectivity index (χ2n) is 6.27. The normalized spacial score (nSPS) is 10.9. The zero-order valence-electron chi connectivity index (χ0n) is 15.8. The lowest BCUT2D eigenvalue weighted by molar-refractivity contribution is -0.384. The number of carbonyl (C=O) groups excluding carboxylic acids is 2. The van der Waals surface area contributed by atoms with Gasteiger partial charge in [0.15, 0.2) is 5.78 Å². The highest BCUT2D eigenvalue weighted by Crippen LogP contribution is 2.25. The molecule has 148 valence electrons. The van der Waals surface area contributed by atoms with Crippen LogP contribution < -0.4 is 5.32 Å². The van der Waals surface area contributed by atoms with Crippen LogP contribution in [-0.2, 0) is 4.79 Å². The summed E-state index contributed by atoms with van der Waals surface area (Å²) in [6, 6.07) is 17.2. The Labute approximate surface area is 171 Å². The Kier molecular flexibility index (Phi) is 5.84. The van der Waals surface area contributed by atoms with Crippen LogP contribution in [0.4, 0.5) is 11.4 Å². The van der Waals surface area contributed by atoms with Crippen molar-refractivity contribution in [1.82, 2.24) is 0 Å². The highest BCUT2D eigenvalue weighted by Gasteiger charge is 2.13. The van der Waals surface area contributed by atoms with Gasteiger partial charge in [-0.2, -0.15) is 5.26 Å². The predicted octanol–water partition coefficient (Wildman–Crippen LogP) is 4.60. The summed E-state index contributed by atoms with van der Waals surface area (Å²) in [4.78, 5) is 34.1. The smallest absolute Gasteiger partial charge is 0.269 e. The second kappa shape index (κ2) is 8.67. The summed E-state index contributed by atoms with van der Waals surface area (Å²) < 4.78 is 5.63. The minimum atomic E-state index is -0.647. The first-order chi connectivity index (χ1) is 14.4. The van der Waals surface area contributed by atoms with Gasteiger partial charge >= 0.3 is 0 Å². The van der Waals surface area contributed by atoms with E-state index in [2.05, 4.69) is 5.32 Å². The molecule has 2 aromatic carbocycles. The molecular formula is C22H15N3O5. The van der Waals surface area contributed by atoms with Crippen LogP contribution in [0.5, 0.6) is 0 Å². The zero-order valence-corrected chi connectivity index (χ0v) is 15.8. The van der Waals surface area contributed by atoms with Gasteiger partial charge in [0.1, 0.15) is 23.2 Å². The third kappa shape index (κ3) is 4.66. The molecule has 0 radical (unpaired) electrons. The highest BCUT2D eigenvalue weighted by atomic mass is 16.6. The Morgan fingerprint density at radius 3 is 2.50 bits per heavy atom. The molecule has 0 atom stereocenters. The first-order valence-corrected chi connectivity index (χ1v) is 8.76. The van der Waals surface area contributed by atoms with Crippen LogP contribution in [0, 0.1) is 21.4 Å². The number of nitro benzene ring substituents is 1. The average Bonchev–Trinajstić information content (AvgIpc) is 3.20. The molecule has 30 heavy (non-hydrogen) atoms. The molecule has 0 aliphatic heterocycles. The molecule has 1 N–H and O–H groups in total. The predicted molar refractivity (Wildman–Crippen MR) is 109 cm³/mol. The van der Waals surface area contributed by atoms with E-state index >= 15 is 0 Å². The van der Waals surface area contributed by atoms with Crippen LogP contribution >= 0.6 is 0 Å². The monoisotopic (exact) mass is 401 g/mol. The zero-order chi connectivity index (χ0) is 21.7. The number of nitrogens with zero attached hydrogens (tertiary/aromatic N) is 2. The number of rotatable bonds is 6. The van der Waals surface area contributed by atoms with Gasteiger partial charge < -0.3 is 9.73 Å². The van der Waals surface area contributed by atoms with Gasteiger partial charge in [-0.25, -0.2) is 0 Å². The van der Waals surface area contributed by atoms with E-state index in [-0.39, 0.29) is 22.8 Å². The van der Waals surface area contributed by atoms with E-state index < -0.39 is 10.8 Å². The second-order valence-corrected chi connectivity index (χ2v) is 6.27. The van der Waals surface area contributed by atoms with Gasteiger partial charge in [0, 0.05) is 35.0 Å². The molecule has 0 aliphatic rings. The third-order valence-corrected chi connectivity index (χ3v) is 4.17. The van der Waals surface area contributed by atoms with Crippen LogP contribution in [0.25, 0.3) is 17.4 Å². The molecule has 3 rings (SSSR count). The van der Waals surface area contributed by atoms with E-state index in [1.54, 1.807) is 42.5 Å². The summed E-state index contributed by atoms with van der Waals surface area (Å²) in [5, 5.41) is 22.7. The van der Waals surface area contributed by atoms with Crippen LogP contribution in [0.1, 0.15) is 23.0 Å². The number of carbonyl (C=O) groups is 2. The largest absolute Gasteiger partial charge is 0.457 e. The summed E-state index contributed by atoms with van der Waals surface area (Å²) in [5.74, 6) is -0.0847. The number of non-ortho nitro benzene ring substituents is 1. The van der Waals surface area contributed by atoms with Crippen molar-refractivity contribution in [3.63, 3.8) is 0 Å². The van der Waals surface area contributed by atoms with Crippen LogP contribution in [0.15, 0.2) is 70.7 Å². The standard InChI is InChI=1S/C22H15N3O5/c1-14(26)16-3-2-4-18(11-16)24-22(27)17(13-23)12-20-9-10-21(30-20)15-5-7-19(8-6-15)25(28)29/h2-12H,1H3,(H,24,27). The van der Waals surface area contributed by atoms with Gasteiger partial charge in [-0.3, -0.25) is 19.7 Å². The van der Waals surface area contributed by atoms with Crippen LogP contribution in [0.2, 0.25) is 0 Å². The first kappa shape index (κ1) is 20.2. The van der Waals surface area contributed by atoms with Crippen molar-refractivity contribution in [3.8, 4) is 17.4 Å². The topological polar surface area (TPSA) is 126 Å². The van der Waals surface area contributed by atoms with E-state index in [0.717, 1.165) is 0 Å². The molecule has 0 spiro atoms. The molecule has 8 heteroatoms. The number of nitriles is 1. The fraction of sp³-hybridized carbons (Fsp3) is 0.0455. The number of anilines is 1. The van der Waals surface area contributed by atoms with Crippen molar-refractivity contribution in [2.75, 3.05) is 5.32 Å². The Hall–Kier alpha value is -4.51. The molecule has 3 aromatic rings. The number of benzene rings is 2. The highest BCUT2D eigenvalue weighted by molar-refractivity contribution is 6.10. The Bertz CT molecular complexity index is 1200. The van der Waals surface area contributed by atoms with Crippen molar-refractivity contribution < 1.29 is 18.9 Å². The Balaban J connectivity index is 1.78. The molecule has 0 unspecified atom stereocenters. The van der Waals surface area contributed by atoms with Gasteiger partial charge in [-0.1, -0.05) is 12.1 Å². The van der Waals surface area contributed by atoms with Crippen LogP contribution in [0.3, 0.4) is 0 Å². The summed E-state index contributed by atoms with van der Waals surface area (Å²) in [5.41, 5.74) is 1.22. The quantitative estimate of drug-likeness (QED) is 0.211. The van der Waals surface area contributed by atoms with E-state index in [4.69, 9.17) is 4.42 Å². The molecule has 1 heterocycles. The van der Waals surface area contributed by atoms with Gasteiger partial charge in [0.25, 0.3) is 11.6 Å². The van der Waals surface area contributed by atoms with Crippen molar-refractivity contribution in [2.24, 2.45) is 0 Å². The molecule has 0 saturated carbocycles. The number of ketones is 1. The number of furan rings is 1. The van der Waals surface area contributed by atoms with E-state index in [9.17, 15) is 25.0 Å². The maximum Gasteiger partial charge on any atom is 0.269 e. The maximum atomic E-state index is 12.4. The summed E-state index contributed by atoms with van der Waals surface area (Å²) in [6.07, 6.45) is 1.29. The number of hydrogen-bond acceptors (Lipinski definition) is 6. The number of amides is 1. The van der Waals surface area contributed by atoms with Crippen LogP contribution in [-0.4, -0.2) is 16.6 Å². The van der Waals surface area contributed by atoms with E-state index in [0.29, 0.717) is 22.6 Å². The first-order valence-electron chi connectivity index (χ1n) is 8.76. The summed E-state index contributed by atoms with van der Waals surface area (Å²) >= 11 is 0. The Morgan fingerprint density at radius 2 is 1.87 bits per heavy atom. The summed E-state index contributed by atoms with van der Waals surface area (Å²) in [7, 11) is 0. The van der Waals surface area contributed by atoms with Gasteiger partial charge in [0.2, 0.25) is 0 Å². The van der Waals surface area contributed by atoms with Gasteiger partial charge in [-0.15, -0.1) is 0 Å². The molecule has 0 bridgehead atoms. The number of nitro groups is 1. The number of Topliss-reactive ketones (excluding diaryl/α,β-unsaturated/α-hetero) is 1. The van der Waals surface area contributed by atoms with Gasteiger partial charge in [0.05, 0.1) is 4.92 Å². The number of nitrogens with one attached hydrogen (secondary N) is 1. The van der Waals surface area contributed by atoms with E-state index in [1.165, 1.54) is 31.2 Å².